The monoisotopic (exact) mass is 970 g/mol. The molecule has 4 aliphatic carbocycles. The minimum atomic E-state index is 0. The average Bonchev–Trinajstić information content (AvgIpc) is 3.80. The second kappa shape index (κ2) is 20.6. The molecule has 0 fully saturated rings. The van der Waals surface area contributed by atoms with Gasteiger partial charge in [-0.3, -0.25) is 4.98 Å². The van der Waals surface area contributed by atoms with Crippen molar-refractivity contribution in [3.8, 4) is 45.0 Å². The topological polar surface area (TPSA) is 51.6 Å². The molecular formula is C56H49IrN4. The molecule has 4 aromatic carbocycles. The van der Waals surface area contributed by atoms with E-state index in [0.29, 0.717) is 0 Å². The van der Waals surface area contributed by atoms with Crippen molar-refractivity contribution in [2.45, 2.75) is 77.0 Å². The molecule has 8 aromatic rings. The van der Waals surface area contributed by atoms with Gasteiger partial charge in [-0.1, -0.05) is 104 Å². The molecule has 0 N–H and O–H groups in total. The molecular weight excluding hydrogens is 921 g/mol. The Kier molecular flexibility index (Phi) is 14.1. The first kappa shape index (κ1) is 41.8. The zero-order valence-corrected chi connectivity index (χ0v) is 36.9. The van der Waals surface area contributed by atoms with Crippen LogP contribution in [-0.2, 0) is 71.5 Å². The summed E-state index contributed by atoms with van der Waals surface area (Å²) in [6.07, 6.45) is 21.5. The molecule has 4 aromatic heterocycles. The van der Waals surface area contributed by atoms with Crippen LogP contribution in [0.15, 0.2) is 152 Å². The predicted octanol–water partition coefficient (Wildman–Crippen LogP) is 12.3. The van der Waals surface area contributed by atoms with Gasteiger partial charge in [0.05, 0.1) is 5.69 Å². The van der Waals surface area contributed by atoms with Crippen molar-refractivity contribution < 1.29 is 20.1 Å². The van der Waals surface area contributed by atoms with E-state index >= 15 is 0 Å². The molecule has 4 heterocycles. The fourth-order valence-electron chi connectivity index (χ4n) is 9.03. The molecule has 5 heteroatoms. The van der Waals surface area contributed by atoms with E-state index in [0.717, 1.165) is 62.0 Å². The Morgan fingerprint density at radius 3 is 1.00 bits per heavy atom. The van der Waals surface area contributed by atoms with Gasteiger partial charge in [-0.15, -0.1) is 106 Å². The second-order valence-corrected chi connectivity index (χ2v) is 15.8. The summed E-state index contributed by atoms with van der Waals surface area (Å²) >= 11 is 0. The van der Waals surface area contributed by atoms with Gasteiger partial charge in [0.25, 0.3) is 0 Å². The number of hydrogen-bond donors (Lipinski definition) is 0. The first-order valence-electron chi connectivity index (χ1n) is 21.6. The SMILES string of the molecule is [Ir+3].[c-]1cccc2c1-c1ncccc1CCC2.[c-]1cccc2c1-c1ncccc1CCC2.[c-]1cccc2c1-c1ncccc1CCC2.c1ccc2c(c1)CCCc1cccnc1-2. The minimum Gasteiger partial charge on any atom is -0.304 e. The van der Waals surface area contributed by atoms with Gasteiger partial charge < -0.3 is 15.0 Å². The maximum atomic E-state index is 4.52. The van der Waals surface area contributed by atoms with E-state index in [9.17, 15) is 0 Å². The number of hydrogen-bond acceptors (Lipinski definition) is 4. The zero-order valence-electron chi connectivity index (χ0n) is 34.5. The molecule has 0 atom stereocenters. The summed E-state index contributed by atoms with van der Waals surface area (Å²) in [5, 5.41) is 0. The largest absolute Gasteiger partial charge is 3.00 e. The third-order valence-electron chi connectivity index (χ3n) is 11.9. The molecule has 0 amide bonds. The molecule has 61 heavy (non-hydrogen) atoms. The molecule has 0 aliphatic heterocycles. The molecule has 0 saturated carbocycles. The Balaban J connectivity index is 0.000000112. The number of nitrogens with zero attached hydrogens (tertiary/aromatic N) is 4. The molecule has 0 saturated heterocycles. The van der Waals surface area contributed by atoms with Crippen molar-refractivity contribution in [1.82, 2.24) is 19.9 Å². The summed E-state index contributed by atoms with van der Waals surface area (Å²) in [6, 6.07) is 54.1. The minimum absolute atomic E-state index is 0. The molecule has 0 unspecified atom stereocenters. The molecule has 12 rings (SSSR count). The summed E-state index contributed by atoms with van der Waals surface area (Å²) in [7, 11) is 0. The van der Waals surface area contributed by atoms with Gasteiger partial charge in [-0.05, 0) is 91.0 Å². The molecule has 4 aliphatic rings. The van der Waals surface area contributed by atoms with Crippen LogP contribution in [0.3, 0.4) is 0 Å². The van der Waals surface area contributed by atoms with Crippen LogP contribution in [0.1, 0.15) is 70.2 Å². The number of aromatic nitrogens is 4. The number of aryl methyl sites for hydroxylation is 8. The zero-order chi connectivity index (χ0) is 40.4. The van der Waals surface area contributed by atoms with Gasteiger partial charge in [0.15, 0.2) is 0 Å². The molecule has 4 nitrogen and oxygen atoms in total. The summed E-state index contributed by atoms with van der Waals surface area (Å²) in [6.45, 7) is 0. The normalized spacial score (nSPS) is 13.6. The predicted molar refractivity (Wildman–Crippen MR) is 243 cm³/mol. The summed E-state index contributed by atoms with van der Waals surface area (Å²) in [5.74, 6) is 0. The summed E-state index contributed by atoms with van der Waals surface area (Å²) in [5.41, 5.74) is 20.6. The van der Waals surface area contributed by atoms with Crippen LogP contribution in [0.2, 0.25) is 0 Å². The van der Waals surface area contributed by atoms with Crippen LogP contribution in [-0.4, -0.2) is 19.9 Å². The smallest absolute Gasteiger partial charge is 0.304 e. The first-order chi connectivity index (χ1) is 29.8. The Hall–Kier alpha value is -5.87. The van der Waals surface area contributed by atoms with Gasteiger partial charge in [0.1, 0.15) is 0 Å². The van der Waals surface area contributed by atoms with E-state index in [4.69, 9.17) is 0 Å². The van der Waals surface area contributed by atoms with Gasteiger partial charge in [-0.25, -0.2) is 0 Å². The summed E-state index contributed by atoms with van der Waals surface area (Å²) in [4.78, 5) is 18.0. The van der Waals surface area contributed by atoms with E-state index in [1.54, 1.807) is 0 Å². The standard InChI is InChI=1S/C14H13N.3C14H12N.Ir/c4*1-2-9-13-11(5-1)6-3-7-12-8-4-10-15-14(12)13;/h1-2,4-5,8-10H,3,6-7H2;3*1-2,4-5,8,10H,3,6-7H2;/q;3*-1;+3. The Bertz CT molecular complexity index is 2150. The van der Waals surface area contributed by atoms with Gasteiger partial charge in [0, 0.05) is 30.4 Å². The quantitative estimate of drug-likeness (QED) is 0.142. The van der Waals surface area contributed by atoms with Crippen molar-refractivity contribution in [1.29, 1.82) is 0 Å². The molecule has 0 spiro atoms. The van der Waals surface area contributed by atoms with Gasteiger partial charge in [-0.2, -0.15) is 0 Å². The number of fused-ring (bicyclic) bond motifs is 12. The van der Waals surface area contributed by atoms with Crippen LogP contribution in [0.5, 0.6) is 0 Å². The average molecular weight is 970 g/mol. The van der Waals surface area contributed by atoms with Crippen LogP contribution in [0.4, 0.5) is 0 Å². The van der Waals surface area contributed by atoms with Gasteiger partial charge >= 0.3 is 20.1 Å². The van der Waals surface area contributed by atoms with E-state index in [2.05, 4.69) is 123 Å². The summed E-state index contributed by atoms with van der Waals surface area (Å²) < 4.78 is 0. The first-order valence-corrected chi connectivity index (χ1v) is 21.6. The van der Waals surface area contributed by atoms with E-state index in [1.807, 2.05) is 67.3 Å². The van der Waals surface area contributed by atoms with Crippen LogP contribution < -0.4 is 0 Å². The van der Waals surface area contributed by atoms with E-state index in [1.165, 1.54) is 105 Å². The number of pyridine rings is 4. The molecule has 0 radical (unpaired) electrons. The number of rotatable bonds is 0. The second-order valence-electron chi connectivity index (χ2n) is 15.8. The van der Waals surface area contributed by atoms with Crippen LogP contribution in [0.25, 0.3) is 45.0 Å². The third-order valence-corrected chi connectivity index (χ3v) is 11.9. The van der Waals surface area contributed by atoms with Crippen LogP contribution in [0, 0.1) is 18.2 Å². The van der Waals surface area contributed by atoms with E-state index in [-0.39, 0.29) is 20.1 Å². The van der Waals surface area contributed by atoms with Gasteiger partial charge in [0.2, 0.25) is 0 Å². The van der Waals surface area contributed by atoms with Crippen LogP contribution >= 0.6 is 0 Å². The number of benzene rings is 4. The van der Waals surface area contributed by atoms with Crippen molar-refractivity contribution in [2.24, 2.45) is 0 Å². The third kappa shape index (κ3) is 9.86. The van der Waals surface area contributed by atoms with Crippen molar-refractivity contribution in [3.63, 3.8) is 0 Å². The van der Waals surface area contributed by atoms with Crippen molar-refractivity contribution in [3.05, 3.63) is 215 Å². The fourth-order valence-corrected chi connectivity index (χ4v) is 9.03. The van der Waals surface area contributed by atoms with Crippen molar-refractivity contribution in [2.75, 3.05) is 0 Å². The Morgan fingerprint density at radius 2 is 0.590 bits per heavy atom. The van der Waals surface area contributed by atoms with Crippen molar-refractivity contribution >= 4 is 0 Å². The molecule has 0 bridgehead atoms. The maximum Gasteiger partial charge on any atom is 3.00 e. The van der Waals surface area contributed by atoms with E-state index < -0.39 is 0 Å². The maximum absolute atomic E-state index is 4.52. The molecule has 302 valence electrons. The Morgan fingerprint density at radius 1 is 0.295 bits per heavy atom. The Labute approximate surface area is 375 Å². The fraction of sp³-hybridized carbons (Fsp3) is 0.214.